The Labute approximate surface area is 183 Å². The van der Waals surface area contributed by atoms with E-state index < -0.39 is 0 Å². The average molecular weight is 426 g/mol. The quantitative estimate of drug-likeness (QED) is 0.710. The lowest BCUT2D eigenvalue weighted by atomic mass is 9.94. The highest BCUT2D eigenvalue weighted by Crippen LogP contribution is 2.25. The molecule has 166 valence electrons. The molecule has 2 aromatic rings. The summed E-state index contributed by atoms with van der Waals surface area (Å²) < 4.78 is 7.95. The molecule has 1 saturated heterocycles. The number of hydrogen-bond acceptors (Lipinski definition) is 5. The molecule has 2 fully saturated rings. The number of aromatic nitrogens is 3. The number of carbonyl (C=O) groups is 2. The molecule has 0 spiro atoms. The summed E-state index contributed by atoms with van der Waals surface area (Å²) in [4.78, 5) is 34.0. The van der Waals surface area contributed by atoms with Crippen LogP contribution in [0.5, 0.6) is 0 Å². The molecule has 4 rings (SSSR count). The lowest BCUT2D eigenvalue weighted by Crippen LogP contribution is -2.46. The molecule has 0 radical (unpaired) electrons. The van der Waals surface area contributed by atoms with E-state index in [1.165, 1.54) is 6.42 Å². The Morgan fingerprint density at radius 1 is 1.16 bits per heavy atom. The minimum Gasteiger partial charge on any atom is -0.370 e. The maximum absolute atomic E-state index is 13.2. The summed E-state index contributed by atoms with van der Waals surface area (Å²) in [5.41, 5.74) is 1.53. The number of ether oxygens (including phenoxy) is 1. The number of amides is 2. The van der Waals surface area contributed by atoms with Crippen molar-refractivity contribution in [2.75, 3.05) is 19.6 Å². The SMILES string of the molecule is CCn1cc(C(=O)N2CC(=O)N(C3CCCCC3)C[C@H](OCc3ccncc3)C2)cn1. The van der Waals surface area contributed by atoms with Crippen LogP contribution in [0.4, 0.5) is 0 Å². The van der Waals surface area contributed by atoms with Crippen molar-refractivity contribution in [1.82, 2.24) is 24.6 Å². The highest BCUT2D eigenvalue weighted by molar-refractivity contribution is 5.96. The number of carbonyl (C=O) groups excluding carboxylic acids is 2. The molecule has 0 aromatic carbocycles. The van der Waals surface area contributed by atoms with Crippen LogP contribution in [0.3, 0.4) is 0 Å². The zero-order valence-electron chi connectivity index (χ0n) is 18.2. The van der Waals surface area contributed by atoms with E-state index in [1.54, 1.807) is 34.4 Å². The van der Waals surface area contributed by atoms with Crippen LogP contribution < -0.4 is 0 Å². The fourth-order valence-corrected chi connectivity index (χ4v) is 4.47. The molecule has 2 amide bonds. The topological polar surface area (TPSA) is 80.6 Å². The Morgan fingerprint density at radius 3 is 2.65 bits per heavy atom. The smallest absolute Gasteiger partial charge is 0.257 e. The predicted molar refractivity (Wildman–Crippen MR) is 115 cm³/mol. The van der Waals surface area contributed by atoms with Crippen molar-refractivity contribution >= 4 is 11.8 Å². The van der Waals surface area contributed by atoms with E-state index in [4.69, 9.17) is 4.74 Å². The van der Waals surface area contributed by atoms with Crippen LogP contribution in [-0.2, 0) is 22.7 Å². The second-order valence-corrected chi connectivity index (χ2v) is 8.40. The predicted octanol–water partition coefficient (Wildman–Crippen LogP) is 2.50. The van der Waals surface area contributed by atoms with Gasteiger partial charge >= 0.3 is 0 Å². The van der Waals surface area contributed by atoms with Gasteiger partial charge in [-0.3, -0.25) is 19.3 Å². The second-order valence-electron chi connectivity index (χ2n) is 8.40. The normalized spacial score (nSPS) is 20.7. The van der Waals surface area contributed by atoms with E-state index >= 15 is 0 Å². The third kappa shape index (κ3) is 5.31. The Kier molecular flexibility index (Phi) is 6.96. The summed E-state index contributed by atoms with van der Waals surface area (Å²) in [7, 11) is 0. The minimum absolute atomic E-state index is 0.0122. The highest BCUT2D eigenvalue weighted by atomic mass is 16.5. The van der Waals surface area contributed by atoms with Crippen LogP contribution >= 0.6 is 0 Å². The van der Waals surface area contributed by atoms with Crippen LogP contribution in [-0.4, -0.2) is 68.2 Å². The van der Waals surface area contributed by atoms with Crippen molar-refractivity contribution in [3.63, 3.8) is 0 Å². The molecule has 1 saturated carbocycles. The van der Waals surface area contributed by atoms with Gasteiger partial charge in [0.15, 0.2) is 0 Å². The van der Waals surface area contributed by atoms with Gasteiger partial charge in [-0.15, -0.1) is 0 Å². The van der Waals surface area contributed by atoms with E-state index in [2.05, 4.69) is 10.1 Å². The van der Waals surface area contributed by atoms with Crippen molar-refractivity contribution in [2.45, 2.75) is 64.3 Å². The van der Waals surface area contributed by atoms with Gasteiger partial charge < -0.3 is 14.5 Å². The Balaban J connectivity index is 1.52. The van der Waals surface area contributed by atoms with Gasteiger partial charge in [-0.1, -0.05) is 19.3 Å². The summed E-state index contributed by atoms with van der Waals surface area (Å²) in [6.45, 7) is 4.08. The lowest BCUT2D eigenvalue weighted by molar-refractivity contribution is -0.134. The van der Waals surface area contributed by atoms with E-state index in [9.17, 15) is 9.59 Å². The number of nitrogens with zero attached hydrogens (tertiary/aromatic N) is 5. The first-order valence-electron chi connectivity index (χ1n) is 11.3. The molecule has 31 heavy (non-hydrogen) atoms. The lowest BCUT2D eigenvalue weighted by Gasteiger charge is -2.34. The summed E-state index contributed by atoms with van der Waals surface area (Å²) in [5, 5.41) is 4.21. The van der Waals surface area contributed by atoms with E-state index in [0.29, 0.717) is 31.8 Å². The van der Waals surface area contributed by atoms with Crippen LogP contribution in [0, 0.1) is 0 Å². The van der Waals surface area contributed by atoms with Gasteiger partial charge in [0.2, 0.25) is 5.91 Å². The number of rotatable bonds is 6. The van der Waals surface area contributed by atoms with Gasteiger partial charge in [-0.05, 0) is 37.5 Å². The van der Waals surface area contributed by atoms with Crippen LogP contribution in [0.25, 0.3) is 0 Å². The highest BCUT2D eigenvalue weighted by Gasteiger charge is 2.35. The molecule has 3 heterocycles. The minimum atomic E-state index is -0.244. The van der Waals surface area contributed by atoms with Crippen molar-refractivity contribution in [3.8, 4) is 0 Å². The number of hydrogen-bond donors (Lipinski definition) is 0. The maximum Gasteiger partial charge on any atom is 0.257 e. The monoisotopic (exact) mass is 425 g/mol. The molecule has 0 bridgehead atoms. The van der Waals surface area contributed by atoms with Crippen LogP contribution in [0.1, 0.15) is 54.9 Å². The van der Waals surface area contributed by atoms with Gasteiger partial charge in [0.05, 0.1) is 24.5 Å². The van der Waals surface area contributed by atoms with Crippen molar-refractivity contribution in [3.05, 3.63) is 48.0 Å². The third-order valence-electron chi connectivity index (χ3n) is 6.21. The fraction of sp³-hybridized carbons (Fsp3) is 0.565. The number of aryl methyl sites for hydroxylation is 1. The first kappa shape index (κ1) is 21.5. The van der Waals surface area contributed by atoms with E-state index in [-0.39, 0.29) is 30.5 Å². The third-order valence-corrected chi connectivity index (χ3v) is 6.21. The molecule has 1 atom stereocenters. The number of pyridine rings is 1. The Bertz CT molecular complexity index is 878. The second kappa shape index (κ2) is 10.0. The molecule has 1 aliphatic heterocycles. The molecule has 1 aliphatic carbocycles. The maximum atomic E-state index is 13.2. The molecule has 0 N–H and O–H groups in total. The average Bonchev–Trinajstić information content (AvgIpc) is 3.23. The van der Waals surface area contributed by atoms with E-state index in [0.717, 1.165) is 31.2 Å². The van der Waals surface area contributed by atoms with Crippen LogP contribution in [0.15, 0.2) is 36.9 Å². The summed E-state index contributed by atoms with van der Waals surface area (Å²) in [6.07, 6.45) is 12.1. The van der Waals surface area contributed by atoms with Gasteiger partial charge in [0.25, 0.3) is 5.91 Å². The first-order chi connectivity index (χ1) is 15.1. The van der Waals surface area contributed by atoms with Crippen molar-refractivity contribution in [2.24, 2.45) is 0 Å². The summed E-state index contributed by atoms with van der Waals surface area (Å²) in [6, 6.07) is 4.08. The fourth-order valence-electron chi connectivity index (χ4n) is 4.47. The summed E-state index contributed by atoms with van der Waals surface area (Å²) >= 11 is 0. The molecular weight excluding hydrogens is 394 g/mol. The van der Waals surface area contributed by atoms with Gasteiger partial charge in [0, 0.05) is 44.3 Å². The standard InChI is InChI=1S/C23H31N5O3/c1-2-27-13-19(12-25-27)23(30)26-14-21(31-17-18-8-10-24-11-9-18)15-28(22(29)16-26)20-6-4-3-5-7-20/h8-13,20-21H,2-7,14-17H2,1H3/t21-/m1/s1. The zero-order chi connectivity index (χ0) is 21.6. The molecule has 8 nitrogen and oxygen atoms in total. The van der Waals surface area contributed by atoms with Crippen molar-refractivity contribution < 1.29 is 14.3 Å². The molecule has 8 heteroatoms. The van der Waals surface area contributed by atoms with Crippen LogP contribution in [0.2, 0.25) is 0 Å². The Hall–Kier alpha value is -2.74. The van der Waals surface area contributed by atoms with E-state index in [1.807, 2.05) is 24.0 Å². The largest absolute Gasteiger partial charge is 0.370 e. The zero-order valence-corrected chi connectivity index (χ0v) is 18.2. The van der Waals surface area contributed by atoms with Gasteiger partial charge in [0.1, 0.15) is 6.54 Å². The first-order valence-corrected chi connectivity index (χ1v) is 11.3. The molecule has 0 unspecified atom stereocenters. The molecular formula is C23H31N5O3. The molecule has 2 aromatic heterocycles. The molecule has 2 aliphatic rings. The Morgan fingerprint density at radius 2 is 1.94 bits per heavy atom. The van der Waals surface area contributed by atoms with Gasteiger partial charge in [-0.25, -0.2) is 0 Å². The van der Waals surface area contributed by atoms with Gasteiger partial charge in [-0.2, -0.15) is 5.10 Å². The van der Waals surface area contributed by atoms with Crippen molar-refractivity contribution in [1.29, 1.82) is 0 Å². The summed E-state index contributed by atoms with van der Waals surface area (Å²) in [5.74, 6) is -0.158.